The van der Waals surface area contributed by atoms with Gasteiger partial charge in [-0.1, -0.05) is 0 Å². The van der Waals surface area contributed by atoms with E-state index in [1.807, 2.05) is 6.07 Å². The molecule has 2 heterocycles. The number of ether oxygens (including phenoxy) is 1. The molecule has 2 aliphatic heterocycles. The van der Waals surface area contributed by atoms with Crippen molar-refractivity contribution in [2.24, 2.45) is 0 Å². The van der Waals surface area contributed by atoms with Gasteiger partial charge in [0, 0.05) is 33.3 Å². The van der Waals surface area contributed by atoms with Crippen LogP contribution in [0.25, 0.3) is 0 Å². The fourth-order valence-electron chi connectivity index (χ4n) is 3.22. The highest BCUT2D eigenvalue weighted by Crippen LogP contribution is 2.19. The van der Waals surface area contributed by atoms with E-state index in [0.29, 0.717) is 18.7 Å². The maximum absolute atomic E-state index is 12.8. The first-order valence-electron chi connectivity index (χ1n) is 9.18. The molecule has 3 rings (SSSR count). The summed E-state index contributed by atoms with van der Waals surface area (Å²) in [4.78, 5) is 40.0. The second kappa shape index (κ2) is 8.88. The highest BCUT2D eigenvalue weighted by molar-refractivity contribution is 7.89. The summed E-state index contributed by atoms with van der Waals surface area (Å²) in [5, 5.41) is 8.84. The minimum absolute atomic E-state index is 0.00693. The van der Waals surface area contributed by atoms with Crippen LogP contribution >= 0.6 is 0 Å². The van der Waals surface area contributed by atoms with Crippen molar-refractivity contribution in [3.05, 3.63) is 29.8 Å². The molecular formula is C18H21N5O6S. The molecule has 0 aromatic heterocycles. The van der Waals surface area contributed by atoms with Crippen LogP contribution in [0.15, 0.2) is 29.2 Å². The van der Waals surface area contributed by atoms with Crippen molar-refractivity contribution in [2.75, 3.05) is 53.1 Å². The molecule has 0 radical (unpaired) electrons. The summed E-state index contributed by atoms with van der Waals surface area (Å²) in [6.07, 6.45) is 0. The summed E-state index contributed by atoms with van der Waals surface area (Å²) in [7, 11) is -2.29. The van der Waals surface area contributed by atoms with E-state index in [1.165, 1.54) is 35.7 Å². The Morgan fingerprint density at radius 1 is 1.00 bits per heavy atom. The molecule has 0 spiro atoms. The lowest BCUT2D eigenvalue weighted by Gasteiger charge is -2.35. The van der Waals surface area contributed by atoms with Gasteiger partial charge in [0.2, 0.25) is 10.0 Å². The van der Waals surface area contributed by atoms with Crippen molar-refractivity contribution in [1.29, 1.82) is 5.26 Å². The van der Waals surface area contributed by atoms with Gasteiger partial charge in [0.1, 0.15) is 0 Å². The van der Waals surface area contributed by atoms with E-state index in [-0.39, 0.29) is 37.8 Å². The zero-order valence-electron chi connectivity index (χ0n) is 16.4. The lowest BCUT2D eigenvalue weighted by atomic mass is 10.2. The summed E-state index contributed by atoms with van der Waals surface area (Å²) >= 11 is 0. The Morgan fingerprint density at radius 3 is 2.17 bits per heavy atom. The van der Waals surface area contributed by atoms with Crippen LogP contribution in [0.1, 0.15) is 5.56 Å². The van der Waals surface area contributed by atoms with Crippen molar-refractivity contribution >= 4 is 27.9 Å². The Balaban J connectivity index is 1.60. The number of carbonyl (C=O) groups is 3. The molecule has 160 valence electrons. The number of nitrogens with zero attached hydrogens (tertiary/aromatic N) is 5. The third-order valence-electron chi connectivity index (χ3n) is 4.95. The van der Waals surface area contributed by atoms with Crippen LogP contribution in [0.3, 0.4) is 0 Å². The van der Waals surface area contributed by atoms with Gasteiger partial charge >= 0.3 is 17.8 Å². The fourth-order valence-corrected chi connectivity index (χ4v) is 4.64. The number of nitriles is 1. The Bertz CT molecular complexity index is 979. The Morgan fingerprint density at radius 2 is 1.60 bits per heavy atom. The van der Waals surface area contributed by atoms with Gasteiger partial charge < -0.3 is 4.74 Å². The molecule has 1 aromatic carbocycles. The molecule has 11 nitrogen and oxygen atoms in total. The maximum atomic E-state index is 12.8. The van der Waals surface area contributed by atoms with E-state index in [2.05, 4.69) is 0 Å². The van der Waals surface area contributed by atoms with E-state index < -0.39 is 27.9 Å². The number of urea groups is 1. The van der Waals surface area contributed by atoms with Crippen LogP contribution in [0.2, 0.25) is 0 Å². The highest BCUT2D eigenvalue weighted by atomic mass is 32.2. The maximum Gasteiger partial charge on any atom is 0.335 e. The Hall–Kier alpha value is -2.85. The average Bonchev–Trinajstić information content (AvgIpc) is 2.95. The van der Waals surface area contributed by atoms with E-state index in [4.69, 9.17) is 10.00 Å². The summed E-state index contributed by atoms with van der Waals surface area (Å²) < 4.78 is 31.7. The van der Waals surface area contributed by atoms with Gasteiger partial charge in [0.25, 0.3) is 0 Å². The number of carbonyl (C=O) groups excluding carboxylic acids is 3. The second-order valence-corrected chi connectivity index (χ2v) is 8.70. The molecule has 4 amide bonds. The summed E-state index contributed by atoms with van der Waals surface area (Å²) in [6, 6.07) is 6.91. The van der Waals surface area contributed by atoms with E-state index in [9.17, 15) is 22.8 Å². The molecule has 12 heteroatoms. The number of hydrogen-bond acceptors (Lipinski definition) is 8. The molecule has 0 N–H and O–H groups in total. The lowest BCUT2D eigenvalue weighted by molar-refractivity contribution is -0.144. The topological polar surface area (TPSA) is 131 Å². The third-order valence-corrected chi connectivity index (χ3v) is 6.86. The minimum Gasteiger partial charge on any atom is -0.383 e. The van der Waals surface area contributed by atoms with Gasteiger partial charge in [0.15, 0.2) is 0 Å². The SMILES string of the molecule is COCCN1C(=O)C(=O)N(CN2CCN(S(=O)(=O)c3ccc(C#N)cc3)CC2)C1=O. The number of imide groups is 2. The number of sulfonamides is 1. The molecule has 0 unspecified atom stereocenters. The quantitative estimate of drug-likeness (QED) is 0.404. The first-order chi connectivity index (χ1) is 14.3. The summed E-state index contributed by atoms with van der Waals surface area (Å²) in [5.41, 5.74) is 0.368. The molecular weight excluding hydrogens is 414 g/mol. The monoisotopic (exact) mass is 435 g/mol. The average molecular weight is 435 g/mol. The standard InChI is InChI=1S/C18H21N5O6S/c1-29-11-10-22-16(24)17(25)23(18(22)26)13-20-6-8-21(9-7-20)30(27,28)15-4-2-14(12-19)3-5-15/h2-5H,6-11,13H2,1H3. The van der Waals surface area contributed by atoms with Crippen molar-refractivity contribution < 1.29 is 27.5 Å². The van der Waals surface area contributed by atoms with Crippen LogP contribution < -0.4 is 0 Å². The van der Waals surface area contributed by atoms with Crippen LogP contribution in [-0.2, 0) is 24.3 Å². The summed E-state index contributed by atoms with van der Waals surface area (Å²) in [5.74, 6) is -1.79. The molecule has 0 saturated carbocycles. The van der Waals surface area contributed by atoms with Gasteiger partial charge in [-0.3, -0.25) is 19.4 Å². The highest BCUT2D eigenvalue weighted by Gasteiger charge is 2.45. The summed E-state index contributed by atoms with van der Waals surface area (Å²) in [6.45, 7) is 0.951. The number of rotatable bonds is 7. The predicted molar refractivity (Wildman–Crippen MR) is 102 cm³/mol. The van der Waals surface area contributed by atoms with E-state index in [1.54, 1.807) is 4.90 Å². The van der Waals surface area contributed by atoms with E-state index >= 15 is 0 Å². The van der Waals surface area contributed by atoms with Crippen molar-refractivity contribution in [3.8, 4) is 6.07 Å². The smallest absolute Gasteiger partial charge is 0.335 e. The van der Waals surface area contributed by atoms with Crippen LogP contribution in [0, 0.1) is 11.3 Å². The number of piperazine rings is 1. The predicted octanol–water partition coefficient (Wildman–Crippen LogP) is -0.741. The largest absolute Gasteiger partial charge is 0.383 e. The first-order valence-corrected chi connectivity index (χ1v) is 10.6. The van der Waals surface area contributed by atoms with E-state index in [0.717, 1.165) is 9.80 Å². The number of hydrogen-bond donors (Lipinski definition) is 0. The molecule has 0 aliphatic carbocycles. The van der Waals surface area contributed by atoms with Crippen LogP contribution in [0.4, 0.5) is 4.79 Å². The Labute approximate surface area is 174 Å². The zero-order chi connectivity index (χ0) is 21.9. The molecule has 2 saturated heterocycles. The minimum atomic E-state index is -3.71. The molecule has 2 fully saturated rings. The Kier molecular flexibility index (Phi) is 6.47. The van der Waals surface area contributed by atoms with Crippen LogP contribution in [0.5, 0.6) is 0 Å². The van der Waals surface area contributed by atoms with Gasteiger partial charge in [-0.2, -0.15) is 9.57 Å². The van der Waals surface area contributed by atoms with Crippen molar-refractivity contribution in [1.82, 2.24) is 19.0 Å². The molecule has 30 heavy (non-hydrogen) atoms. The number of amides is 4. The second-order valence-electron chi connectivity index (χ2n) is 6.77. The van der Waals surface area contributed by atoms with Gasteiger partial charge in [-0.15, -0.1) is 0 Å². The number of methoxy groups -OCH3 is 1. The first kappa shape index (κ1) is 21.8. The zero-order valence-corrected chi connectivity index (χ0v) is 17.2. The van der Waals surface area contributed by atoms with Crippen LogP contribution in [-0.4, -0.2) is 98.4 Å². The lowest BCUT2D eigenvalue weighted by Crippen LogP contribution is -2.52. The normalized spacial score (nSPS) is 18.9. The molecule has 2 aliphatic rings. The van der Waals surface area contributed by atoms with Gasteiger partial charge in [0.05, 0.1) is 36.3 Å². The van der Waals surface area contributed by atoms with Gasteiger partial charge in [-0.25, -0.2) is 18.1 Å². The third kappa shape index (κ3) is 4.19. The fraction of sp³-hybridized carbons (Fsp3) is 0.444. The van der Waals surface area contributed by atoms with Crippen molar-refractivity contribution in [2.45, 2.75) is 4.90 Å². The molecule has 0 atom stereocenters. The molecule has 1 aromatic rings. The van der Waals surface area contributed by atoms with Gasteiger partial charge in [-0.05, 0) is 24.3 Å². The number of benzene rings is 1. The molecule has 0 bridgehead atoms. The van der Waals surface area contributed by atoms with Crippen molar-refractivity contribution in [3.63, 3.8) is 0 Å².